The van der Waals surface area contributed by atoms with Crippen LogP contribution in [0.4, 0.5) is 0 Å². The Hall–Kier alpha value is -5.84. The van der Waals surface area contributed by atoms with Gasteiger partial charge >= 0.3 is 0 Å². The number of aryl methyl sites for hydroxylation is 1. The summed E-state index contributed by atoms with van der Waals surface area (Å²) in [6.07, 6.45) is 27.7. The van der Waals surface area contributed by atoms with Crippen molar-refractivity contribution in [1.82, 2.24) is 5.32 Å². The second-order valence-electron chi connectivity index (χ2n) is 18.9. The van der Waals surface area contributed by atoms with Gasteiger partial charge in [-0.25, -0.2) is 0 Å². The number of fused-ring (bicyclic) bond motifs is 6. The summed E-state index contributed by atoms with van der Waals surface area (Å²) in [7, 11) is 0. The molecule has 320 valence electrons. The van der Waals surface area contributed by atoms with Gasteiger partial charge in [0.25, 0.3) is 0 Å². The van der Waals surface area contributed by atoms with Crippen molar-refractivity contribution in [2.24, 2.45) is 5.92 Å². The lowest BCUT2D eigenvalue weighted by atomic mass is 9.82. The molecule has 5 unspecified atom stereocenters. The Kier molecular flexibility index (Phi) is 11.0. The normalized spacial score (nSPS) is 22.0. The summed E-state index contributed by atoms with van der Waals surface area (Å²) in [6.45, 7) is 2.41. The lowest BCUT2D eigenvalue weighted by Gasteiger charge is -2.32. The summed E-state index contributed by atoms with van der Waals surface area (Å²) in [5, 5.41) is 8.55. The fourth-order valence-corrected chi connectivity index (χ4v) is 13.6. The highest BCUT2D eigenvalue weighted by Crippen LogP contribution is 2.45. The molecule has 5 atom stereocenters. The van der Waals surface area contributed by atoms with Gasteiger partial charge < -0.3 is 0 Å². The first-order valence-corrected chi connectivity index (χ1v) is 25.7. The van der Waals surface area contributed by atoms with Crippen LogP contribution in [0, 0.1) is 5.92 Å². The van der Waals surface area contributed by atoms with E-state index in [4.69, 9.17) is 0 Å². The van der Waals surface area contributed by atoms with Gasteiger partial charge in [-0.15, -0.1) is 22.7 Å². The number of hydrogen-bond acceptors (Lipinski definition) is 3. The van der Waals surface area contributed by atoms with Gasteiger partial charge in [0, 0.05) is 47.8 Å². The van der Waals surface area contributed by atoms with Gasteiger partial charge in [0.1, 0.15) is 0 Å². The quantitative estimate of drug-likeness (QED) is 0.150. The largest absolute Gasteiger partial charge is 0.300 e. The molecule has 6 aromatic carbocycles. The van der Waals surface area contributed by atoms with Crippen molar-refractivity contribution in [1.29, 1.82) is 0 Å². The second-order valence-corrected chi connectivity index (χ2v) is 21.0. The molecule has 0 saturated heterocycles. The van der Waals surface area contributed by atoms with Crippen LogP contribution in [0.3, 0.4) is 0 Å². The lowest BCUT2D eigenvalue weighted by Crippen LogP contribution is -2.36. The average Bonchev–Trinajstić information content (AvgIpc) is 3.87. The number of rotatable bonds is 8. The molecule has 1 N–H and O–H groups in total. The summed E-state index contributed by atoms with van der Waals surface area (Å²) in [6, 6.07) is 52.0. The molecule has 12 rings (SSSR count). The Morgan fingerprint density at radius 1 is 0.600 bits per heavy atom. The summed E-state index contributed by atoms with van der Waals surface area (Å²) in [5.41, 5.74) is 15.3. The van der Waals surface area contributed by atoms with E-state index < -0.39 is 0 Å². The molecule has 8 aromatic rings. The predicted molar refractivity (Wildman–Crippen MR) is 282 cm³/mol. The van der Waals surface area contributed by atoms with E-state index in [1.807, 2.05) is 22.7 Å². The van der Waals surface area contributed by atoms with Crippen LogP contribution in [-0.2, 0) is 6.42 Å². The van der Waals surface area contributed by atoms with E-state index in [1.54, 1.807) is 5.57 Å². The maximum atomic E-state index is 4.43. The summed E-state index contributed by atoms with van der Waals surface area (Å²) >= 11 is 3.84. The van der Waals surface area contributed by atoms with E-state index in [2.05, 4.69) is 194 Å². The van der Waals surface area contributed by atoms with Crippen LogP contribution >= 0.6 is 22.7 Å². The van der Waals surface area contributed by atoms with Crippen molar-refractivity contribution in [3.63, 3.8) is 0 Å². The third-order valence-electron chi connectivity index (χ3n) is 15.0. The molecule has 2 aromatic heterocycles. The predicted octanol–water partition coefficient (Wildman–Crippen LogP) is 17.6. The summed E-state index contributed by atoms with van der Waals surface area (Å²) in [4.78, 5) is 1.43. The van der Waals surface area contributed by atoms with Crippen LogP contribution in [0.15, 0.2) is 182 Å². The minimum Gasteiger partial charge on any atom is -0.300 e. The Morgan fingerprint density at radius 2 is 1.35 bits per heavy atom. The highest BCUT2D eigenvalue weighted by molar-refractivity contribution is 7.25. The SMILES string of the molecule is CCC1CC(c2ccc(C3C=CC=CC3)cc2)=CC(C2=CCC(c3ccccc3)CC2)NC1c1cc(-c2ccc3sc4c(c3c2)CCC=C4)cc(-c2ccc3sc4ccccc4c3c2)c1. The van der Waals surface area contributed by atoms with Gasteiger partial charge in [-0.05, 0) is 172 Å². The third-order valence-corrected chi connectivity index (χ3v) is 17.4. The molecule has 3 aliphatic carbocycles. The lowest BCUT2D eigenvalue weighted by molar-refractivity contribution is 0.353. The molecule has 3 heterocycles. The van der Waals surface area contributed by atoms with Gasteiger partial charge in [0.05, 0.1) is 0 Å². The van der Waals surface area contributed by atoms with E-state index >= 15 is 0 Å². The molecule has 0 amide bonds. The van der Waals surface area contributed by atoms with Crippen molar-refractivity contribution in [2.45, 2.75) is 82.2 Å². The minimum absolute atomic E-state index is 0.150. The fraction of sp³-hybridized carbons (Fsp3) is 0.226. The average molecular weight is 878 g/mol. The number of allylic oxidation sites excluding steroid dienone is 7. The Bertz CT molecular complexity index is 3220. The van der Waals surface area contributed by atoms with Crippen LogP contribution < -0.4 is 5.32 Å². The number of thiophene rings is 2. The van der Waals surface area contributed by atoms with Crippen molar-refractivity contribution in [3.8, 4) is 22.3 Å². The molecule has 0 bridgehead atoms. The van der Waals surface area contributed by atoms with Gasteiger partial charge in [0.2, 0.25) is 0 Å². The standard InChI is InChI=1S/C62H55NS2/c1-2-40-33-51(45-23-21-43(22-24-45)41-13-5-3-6-14-41)39-57(46-27-25-44(26-28-46)42-15-7-4-8-16-42)63-62(40)52-35-49(47-29-31-60-55(37-47)53-17-9-11-19-58(53)64-60)34-50(36-52)48-30-32-61-56(38-48)54-18-10-12-20-59(54)65-61/h3-9,11-13,15-17,19-24,27,29-32,34-41,44,57,62-63H,2,10,14,18,25-26,28,33H2,1H3. The maximum Gasteiger partial charge on any atom is 0.0476 e. The molecular weight excluding hydrogens is 823 g/mol. The fourth-order valence-electron chi connectivity index (χ4n) is 11.4. The first-order valence-electron chi connectivity index (χ1n) is 24.0. The first-order chi connectivity index (χ1) is 32.1. The molecule has 0 spiro atoms. The Balaban J connectivity index is 0.977. The highest BCUT2D eigenvalue weighted by atomic mass is 32.1. The third kappa shape index (κ3) is 7.92. The number of benzene rings is 6. The molecule has 1 nitrogen and oxygen atoms in total. The van der Waals surface area contributed by atoms with E-state index in [0.717, 1.165) is 44.9 Å². The molecule has 0 saturated carbocycles. The van der Waals surface area contributed by atoms with Crippen LogP contribution in [0.1, 0.15) is 102 Å². The van der Waals surface area contributed by atoms with Gasteiger partial charge in [0.15, 0.2) is 0 Å². The van der Waals surface area contributed by atoms with E-state index in [1.165, 1.54) is 97.2 Å². The zero-order valence-corrected chi connectivity index (χ0v) is 38.8. The molecule has 4 aliphatic rings. The van der Waals surface area contributed by atoms with Gasteiger partial charge in [-0.1, -0.05) is 146 Å². The Morgan fingerprint density at radius 3 is 2.12 bits per heavy atom. The van der Waals surface area contributed by atoms with Crippen molar-refractivity contribution in [3.05, 3.63) is 214 Å². The van der Waals surface area contributed by atoms with Crippen LogP contribution in [0.5, 0.6) is 0 Å². The molecule has 1 aliphatic heterocycles. The smallest absolute Gasteiger partial charge is 0.0476 e. The van der Waals surface area contributed by atoms with E-state index in [-0.39, 0.29) is 12.1 Å². The number of hydrogen-bond donors (Lipinski definition) is 1. The first kappa shape index (κ1) is 40.7. The topological polar surface area (TPSA) is 12.0 Å². The van der Waals surface area contributed by atoms with Gasteiger partial charge in [-0.2, -0.15) is 0 Å². The molecule has 65 heavy (non-hydrogen) atoms. The minimum atomic E-state index is 0.150. The monoisotopic (exact) mass is 877 g/mol. The van der Waals surface area contributed by atoms with E-state index in [9.17, 15) is 0 Å². The van der Waals surface area contributed by atoms with E-state index in [0.29, 0.717) is 17.8 Å². The van der Waals surface area contributed by atoms with Crippen LogP contribution in [-0.4, -0.2) is 6.04 Å². The van der Waals surface area contributed by atoms with Gasteiger partial charge in [-0.3, -0.25) is 5.32 Å². The summed E-state index contributed by atoms with van der Waals surface area (Å²) < 4.78 is 4.09. The number of nitrogens with one attached hydrogen (secondary N) is 1. The molecule has 0 fully saturated rings. The highest BCUT2D eigenvalue weighted by Gasteiger charge is 2.32. The molecule has 0 radical (unpaired) electrons. The molecule has 3 heteroatoms. The second kappa shape index (κ2) is 17.5. The Labute approximate surface area is 392 Å². The summed E-state index contributed by atoms with van der Waals surface area (Å²) in [5.74, 6) is 1.43. The van der Waals surface area contributed by atoms with Crippen molar-refractivity contribution >= 4 is 64.6 Å². The molecular formula is C62H55NS2. The van der Waals surface area contributed by atoms with Crippen LogP contribution in [0.25, 0.3) is 64.2 Å². The van der Waals surface area contributed by atoms with Crippen molar-refractivity contribution in [2.75, 3.05) is 0 Å². The van der Waals surface area contributed by atoms with Crippen molar-refractivity contribution < 1.29 is 0 Å². The maximum absolute atomic E-state index is 4.43. The zero-order valence-electron chi connectivity index (χ0n) is 37.2. The van der Waals surface area contributed by atoms with Crippen LogP contribution in [0.2, 0.25) is 0 Å². The zero-order chi connectivity index (χ0) is 43.3.